The predicted octanol–water partition coefficient (Wildman–Crippen LogP) is 3.48. The van der Waals surface area contributed by atoms with Crippen molar-refractivity contribution in [3.8, 4) is 11.6 Å². The van der Waals surface area contributed by atoms with Gasteiger partial charge in [-0.15, -0.1) is 0 Å². The molecule has 0 bridgehead atoms. The van der Waals surface area contributed by atoms with E-state index in [1.165, 1.54) is 41.4 Å². The number of aryl methyl sites for hydroxylation is 1. The fourth-order valence-electron chi connectivity index (χ4n) is 7.77. The third kappa shape index (κ3) is 4.66. The number of piperazine rings is 1. The zero-order valence-electron chi connectivity index (χ0n) is 25.3. The average molecular weight is 573 g/mol. The first-order valence-corrected chi connectivity index (χ1v) is 15.7. The molecule has 1 amide bonds. The Balaban J connectivity index is 1.25. The molecule has 2 saturated heterocycles. The van der Waals surface area contributed by atoms with Crippen LogP contribution in [0.2, 0.25) is 0 Å². The number of likely N-dealkylation sites (N-methyl/N-ethyl adjacent to an activating group) is 1. The molecular formula is C33H44N6O3. The lowest BCUT2D eigenvalue weighted by molar-refractivity contribution is -0.129. The summed E-state index contributed by atoms with van der Waals surface area (Å²) >= 11 is 0. The van der Waals surface area contributed by atoms with Gasteiger partial charge in [-0.05, 0) is 70.3 Å². The van der Waals surface area contributed by atoms with Crippen molar-refractivity contribution in [1.29, 1.82) is 0 Å². The number of hydrogen-bond donors (Lipinski definition) is 0. The maximum Gasteiger partial charge on any atom is 0.259 e. The van der Waals surface area contributed by atoms with Gasteiger partial charge in [0.05, 0.1) is 35.3 Å². The monoisotopic (exact) mass is 572 g/mol. The molecule has 0 radical (unpaired) electrons. The summed E-state index contributed by atoms with van der Waals surface area (Å²) < 4.78 is 13.0. The zero-order chi connectivity index (χ0) is 29.0. The molecule has 42 heavy (non-hydrogen) atoms. The normalized spacial score (nSPS) is 25.3. The number of ether oxygens (including phenoxy) is 2. The van der Waals surface area contributed by atoms with Gasteiger partial charge in [0.15, 0.2) is 0 Å². The van der Waals surface area contributed by atoms with E-state index in [1.54, 1.807) is 0 Å². The summed E-state index contributed by atoms with van der Waals surface area (Å²) in [6.07, 6.45) is 6.99. The molecule has 7 rings (SSSR count). The van der Waals surface area contributed by atoms with Crippen LogP contribution in [0.3, 0.4) is 0 Å². The van der Waals surface area contributed by atoms with Crippen LogP contribution in [0.15, 0.2) is 30.9 Å². The number of para-hydroxylation sites is 1. The second-order valence-electron chi connectivity index (χ2n) is 12.8. The van der Waals surface area contributed by atoms with Crippen LogP contribution in [0, 0.1) is 0 Å². The van der Waals surface area contributed by atoms with Crippen LogP contribution < -0.4 is 24.2 Å². The number of carbonyl (C=O) groups is 1. The predicted molar refractivity (Wildman–Crippen MR) is 166 cm³/mol. The lowest BCUT2D eigenvalue weighted by atomic mass is 9.95. The van der Waals surface area contributed by atoms with Crippen molar-refractivity contribution in [2.45, 2.75) is 63.7 Å². The number of nitrogens with zero attached hydrogens (tertiary/aromatic N) is 6. The van der Waals surface area contributed by atoms with Crippen LogP contribution in [-0.2, 0) is 24.2 Å². The van der Waals surface area contributed by atoms with Gasteiger partial charge >= 0.3 is 0 Å². The van der Waals surface area contributed by atoms with E-state index in [2.05, 4.69) is 65.4 Å². The quantitative estimate of drug-likeness (QED) is 0.505. The molecule has 0 saturated carbocycles. The van der Waals surface area contributed by atoms with Crippen molar-refractivity contribution in [2.75, 3.05) is 74.7 Å². The van der Waals surface area contributed by atoms with Crippen LogP contribution in [0.1, 0.15) is 43.0 Å². The minimum absolute atomic E-state index is 0.0128. The average Bonchev–Trinajstić information content (AvgIpc) is 3.42. The Labute approximate surface area is 249 Å². The molecule has 5 aliphatic rings. The van der Waals surface area contributed by atoms with E-state index in [0.29, 0.717) is 31.7 Å². The molecule has 0 aliphatic carbocycles. The smallest absolute Gasteiger partial charge is 0.259 e. The summed E-state index contributed by atoms with van der Waals surface area (Å²) in [5.74, 6) is 1.39. The molecule has 6 heterocycles. The molecular weight excluding hydrogens is 528 g/mol. The van der Waals surface area contributed by atoms with E-state index < -0.39 is 0 Å². The molecule has 3 atom stereocenters. The van der Waals surface area contributed by atoms with Crippen molar-refractivity contribution < 1.29 is 14.3 Å². The van der Waals surface area contributed by atoms with Crippen molar-refractivity contribution in [1.82, 2.24) is 14.8 Å². The highest BCUT2D eigenvalue weighted by molar-refractivity contribution is 5.87. The number of aromatic nitrogens is 1. The summed E-state index contributed by atoms with van der Waals surface area (Å²) in [7, 11) is 4.40. The second kappa shape index (κ2) is 11.0. The van der Waals surface area contributed by atoms with E-state index in [9.17, 15) is 4.79 Å². The van der Waals surface area contributed by atoms with Gasteiger partial charge in [-0.3, -0.25) is 4.79 Å². The summed E-state index contributed by atoms with van der Waals surface area (Å²) in [6, 6.07) is 7.32. The molecule has 0 unspecified atom stereocenters. The highest BCUT2D eigenvalue weighted by atomic mass is 16.5. The van der Waals surface area contributed by atoms with Crippen LogP contribution >= 0.6 is 0 Å². The van der Waals surface area contributed by atoms with Crippen molar-refractivity contribution in [2.24, 2.45) is 0 Å². The summed E-state index contributed by atoms with van der Waals surface area (Å²) in [6.45, 7) is 12.2. The van der Waals surface area contributed by atoms with E-state index >= 15 is 0 Å². The molecule has 1 aromatic heterocycles. The lowest BCUT2D eigenvalue weighted by Gasteiger charge is -2.49. The second-order valence-corrected chi connectivity index (χ2v) is 12.8. The minimum Gasteiger partial charge on any atom is -0.484 e. The number of pyridine rings is 1. The summed E-state index contributed by atoms with van der Waals surface area (Å²) in [5.41, 5.74) is 7.58. The fraction of sp³-hybridized carbons (Fsp3) is 0.576. The van der Waals surface area contributed by atoms with Crippen LogP contribution in [0.25, 0.3) is 0 Å². The van der Waals surface area contributed by atoms with Gasteiger partial charge in [-0.1, -0.05) is 18.7 Å². The Hall–Kier alpha value is -3.46. The Bertz CT molecular complexity index is 1380. The molecule has 224 valence electrons. The van der Waals surface area contributed by atoms with E-state index in [0.717, 1.165) is 69.1 Å². The molecule has 9 heteroatoms. The first-order chi connectivity index (χ1) is 20.4. The number of fused-ring (bicyclic) bond motifs is 6. The Morgan fingerprint density at radius 2 is 2.02 bits per heavy atom. The molecule has 2 fully saturated rings. The maximum atomic E-state index is 12.6. The molecule has 0 N–H and O–H groups in total. The van der Waals surface area contributed by atoms with Gasteiger partial charge < -0.3 is 34.0 Å². The number of benzene rings is 1. The van der Waals surface area contributed by atoms with Crippen molar-refractivity contribution >= 4 is 23.0 Å². The number of likely N-dealkylation sites (tertiary alicyclic amines) is 1. The topological polar surface area (TPSA) is 64.6 Å². The Morgan fingerprint density at radius 1 is 1.14 bits per heavy atom. The third-order valence-corrected chi connectivity index (χ3v) is 10.1. The number of rotatable bonds is 5. The first kappa shape index (κ1) is 27.4. The van der Waals surface area contributed by atoms with Crippen LogP contribution in [-0.4, -0.2) is 98.8 Å². The zero-order valence-corrected chi connectivity index (χ0v) is 25.3. The van der Waals surface area contributed by atoms with Crippen molar-refractivity contribution in [3.63, 3.8) is 0 Å². The fourth-order valence-corrected chi connectivity index (χ4v) is 7.77. The molecule has 2 aromatic rings. The highest BCUT2D eigenvalue weighted by Gasteiger charge is 2.42. The highest BCUT2D eigenvalue weighted by Crippen LogP contribution is 2.48. The Kier molecular flexibility index (Phi) is 7.16. The van der Waals surface area contributed by atoms with Gasteiger partial charge in [0.25, 0.3) is 5.88 Å². The SMILES string of the molecule is C=CC(=O)N1C[C@@H]2COc3c(OC[C@@H]4CCCN4C)nc4c(c3N2C[C@H]1C)CCN(c1cccc2c1N(C)CCC2)C4. The molecule has 9 nitrogen and oxygen atoms in total. The first-order valence-electron chi connectivity index (χ1n) is 15.7. The number of amides is 1. The summed E-state index contributed by atoms with van der Waals surface area (Å²) in [5, 5.41) is 0. The number of hydrogen-bond acceptors (Lipinski definition) is 8. The van der Waals surface area contributed by atoms with Crippen LogP contribution in [0.4, 0.5) is 17.1 Å². The minimum atomic E-state index is -0.0128. The molecule has 5 aliphatic heterocycles. The van der Waals surface area contributed by atoms with Gasteiger partial charge in [-0.25, -0.2) is 4.98 Å². The van der Waals surface area contributed by atoms with Gasteiger partial charge in [-0.2, -0.15) is 0 Å². The molecule has 1 aromatic carbocycles. The Morgan fingerprint density at radius 3 is 2.83 bits per heavy atom. The number of carbonyl (C=O) groups excluding carboxylic acids is 1. The van der Waals surface area contributed by atoms with E-state index in [-0.39, 0.29) is 18.0 Å². The maximum absolute atomic E-state index is 12.6. The third-order valence-electron chi connectivity index (χ3n) is 10.1. The standard InChI is InChI=1S/C33H44N6O3/c1-5-29(40)38-18-25-21-41-32-31(39(25)17-22(38)2)26-13-16-37(28-12-6-9-23-10-7-15-36(4)30(23)28)19-27(26)34-33(32)42-20-24-11-8-14-35(24)3/h5-6,9,12,22,24-25H,1,7-8,10-11,13-21H2,2-4H3/t22-,24+,25-/m1/s1. The van der Waals surface area contributed by atoms with Crippen molar-refractivity contribution in [3.05, 3.63) is 47.7 Å². The van der Waals surface area contributed by atoms with Gasteiger partial charge in [0.2, 0.25) is 11.7 Å². The summed E-state index contributed by atoms with van der Waals surface area (Å²) in [4.78, 5) is 29.6. The van der Waals surface area contributed by atoms with Crippen LogP contribution in [0.5, 0.6) is 11.6 Å². The molecule has 0 spiro atoms. The number of anilines is 3. The largest absolute Gasteiger partial charge is 0.484 e. The van der Waals surface area contributed by atoms with Gasteiger partial charge in [0.1, 0.15) is 13.2 Å². The lowest BCUT2D eigenvalue weighted by Crippen LogP contribution is -2.62. The van der Waals surface area contributed by atoms with E-state index in [4.69, 9.17) is 14.5 Å². The van der Waals surface area contributed by atoms with E-state index in [1.807, 2.05) is 4.90 Å². The van der Waals surface area contributed by atoms with Gasteiger partial charge in [0, 0.05) is 50.9 Å².